The second-order valence-corrected chi connectivity index (χ2v) is 4.57. The number of para-hydroxylation sites is 1. The van der Waals surface area contributed by atoms with E-state index in [2.05, 4.69) is 21.2 Å². The highest BCUT2D eigenvalue weighted by Crippen LogP contribution is 2.25. The van der Waals surface area contributed by atoms with Crippen molar-refractivity contribution in [2.45, 2.75) is 0 Å². The van der Waals surface area contributed by atoms with Crippen LogP contribution in [-0.2, 0) is 0 Å². The van der Waals surface area contributed by atoms with Crippen LogP contribution in [0, 0.1) is 11.6 Å². The standard InChI is InChI=1S/C13H8BrF2NO2/c14-8-5-11(10(16)6-9(8)15)17-13(19)7-3-1-2-4-12(7)18/h1-6,18H,(H,17,19). The number of carbonyl (C=O) groups excluding carboxylic acids is 1. The summed E-state index contributed by atoms with van der Waals surface area (Å²) in [5.74, 6) is -2.57. The number of phenols is 1. The number of benzene rings is 2. The summed E-state index contributed by atoms with van der Waals surface area (Å²) in [5.41, 5.74) is -0.177. The number of carbonyl (C=O) groups is 1. The van der Waals surface area contributed by atoms with Gasteiger partial charge in [-0.15, -0.1) is 0 Å². The minimum Gasteiger partial charge on any atom is -0.507 e. The van der Waals surface area contributed by atoms with Crippen molar-refractivity contribution in [2.75, 3.05) is 5.32 Å². The van der Waals surface area contributed by atoms with Gasteiger partial charge in [-0.05, 0) is 34.1 Å². The molecule has 0 bridgehead atoms. The molecule has 0 saturated carbocycles. The van der Waals surface area contributed by atoms with E-state index in [-0.39, 0.29) is 21.5 Å². The summed E-state index contributed by atoms with van der Waals surface area (Å²) in [6.07, 6.45) is 0. The van der Waals surface area contributed by atoms with E-state index in [9.17, 15) is 18.7 Å². The second kappa shape index (κ2) is 5.36. The van der Waals surface area contributed by atoms with E-state index < -0.39 is 17.5 Å². The molecule has 0 heterocycles. The highest BCUT2D eigenvalue weighted by atomic mass is 79.9. The monoisotopic (exact) mass is 327 g/mol. The Morgan fingerprint density at radius 2 is 1.84 bits per heavy atom. The molecule has 98 valence electrons. The molecule has 2 aromatic rings. The molecule has 0 aromatic heterocycles. The van der Waals surface area contributed by atoms with Crippen LogP contribution in [0.15, 0.2) is 40.9 Å². The summed E-state index contributed by atoms with van der Waals surface area (Å²) < 4.78 is 26.5. The third-order valence-corrected chi connectivity index (χ3v) is 3.01. The average Bonchev–Trinajstić information content (AvgIpc) is 2.36. The lowest BCUT2D eigenvalue weighted by molar-refractivity contribution is 0.102. The van der Waals surface area contributed by atoms with Crippen molar-refractivity contribution in [2.24, 2.45) is 0 Å². The smallest absolute Gasteiger partial charge is 0.259 e. The van der Waals surface area contributed by atoms with Crippen molar-refractivity contribution in [1.82, 2.24) is 0 Å². The van der Waals surface area contributed by atoms with E-state index in [1.165, 1.54) is 12.1 Å². The predicted molar refractivity (Wildman–Crippen MR) is 70.1 cm³/mol. The van der Waals surface area contributed by atoms with Gasteiger partial charge < -0.3 is 10.4 Å². The van der Waals surface area contributed by atoms with Crippen LogP contribution in [0.25, 0.3) is 0 Å². The highest BCUT2D eigenvalue weighted by molar-refractivity contribution is 9.10. The first-order valence-electron chi connectivity index (χ1n) is 5.23. The van der Waals surface area contributed by atoms with E-state index in [4.69, 9.17) is 0 Å². The van der Waals surface area contributed by atoms with Gasteiger partial charge in [-0.2, -0.15) is 0 Å². The van der Waals surface area contributed by atoms with E-state index in [1.54, 1.807) is 12.1 Å². The van der Waals surface area contributed by atoms with Crippen molar-refractivity contribution >= 4 is 27.5 Å². The largest absolute Gasteiger partial charge is 0.507 e. The minimum atomic E-state index is -0.899. The van der Waals surface area contributed by atoms with Gasteiger partial charge >= 0.3 is 0 Å². The zero-order chi connectivity index (χ0) is 14.0. The van der Waals surface area contributed by atoms with Crippen molar-refractivity contribution in [3.8, 4) is 5.75 Å². The Bertz CT molecular complexity index is 647. The van der Waals surface area contributed by atoms with Crippen LogP contribution in [0.5, 0.6) is 5.75 Å². The van der Waals surface area contributed by atoms with E-state index in [0.29, 0.717) is 6.07 Å². The third kappa shape index (κ3) is 2.90. The van der Waals surface area contributed by atoms with Crippen LogP contribution in [0.3, 0.4) is 0 Å². The van der Waals surface area contributed by atoms with Gasteiger partial charge in [-0.1, -0.05) is 12.1 Å². The van der Waals surface area contributed by atoms with Gasteiger partial charge in [-0.3, -0.25) is 4.79 Å². The fraction of sp³-hybridized carbons (Fsp3) is 0. The fourth-order valence-corrected chi connectivity index (χ4v) is 1.82. The molecular formula is C13H8BrF2NO2. The van der Waals surface area contributed by atoms with Crippen molar-refractivity contribution < 1.29 is 18.7 Å². The first kappa shape index (κ1) is 13.5. The number of aromatic hydroxyl groups is 1. The second-order valence-electron chi connectivity index (χ2n) is 3.72. The number of anilines is 1. The van der Waals surface area contributed by atoms with Crippen LogP contribution in [0.1, 0.15) is 10.4 Å². The molecule has 3 nitrogen and oxygen atoms in total. The van der Waals surface area contributed by atoms with Crippen LogP contribution in [0.4, 0.5) is 14.5 Å². The molecule has 2 N–H and O–H groups in total. The first-order valence-corrected chi connectivity index (χ1v) is 6.02. The third-order valence-electron chi connectivity index (χ3n) is 2.41. The average molecular weight is 328 g/mol. The first-order chi connectivity index (χ1) is 8.99. The summed E-state index contributed by atoms with van der Waals surface area (Å²) in [4.78, 5) is 11.8. The van der Waals surface area contributed by atoms with Gasteiger partial charge in [-0.25, -0.2) is 8.78 Å². The Morgan fingerprint density at radius 1 is 1.16 bits per heavy atom. The molecule has 0 aliphatic rings. The van der Waals surface area contributed by atoms with Crippen molar-refractivity contribution in [3.05, 3.63) is 58.1 Å². The lowest BCUT2D eigenvalue weighted by Gasteiger charge is -2.08. The summed E-state index contributed by atoms with van der Waals surface area (Å²) in [6.45, 7) is 0. The summed E-state index contributed by atoms with van der Waals surface area (Å²) in [5, 5.41) is 11.8. The quantitative estimate of drug-likeness (QED) is 0.826. The van der Waals surface area contributed by atoms with Gasteiger partial charge in [0, 0.05) is 6.07 Å². The number of nitrogens with one attached hydrogen (secondary N) is 1. The highest BCUT2D eigenvalue weighted by Gasteiger charge is 2.14. The van der Waals surface area contributed by atoms with E-state index in [0.717, 1.165) is 6.07 Å². The number of amides is 1. The van der Waals surface area contributed by atoms with Crippen LogP contribution >= 0.6 is 15.9 Å². The van der Waals surface area contributed by atoms with Gasteiger partial charge in [0.15, 0.2) is 0 Å². The van der Waals surface area contributed by atoms with Crippen molar-refractivity contribution in [1.29, 1.82) is 0 Å². The maximum atomic E-state index is 13.5. The zero-order valence-electron chi connectivity index (χ0n) is 9.45. The van der Waals surface area contributed by atoms with Gasteiger partial charge in [0.2, 0.25) is 0 Å². The van der Waals surface area contributed by atoms with E-state index >= 15 is 0 Å². The lowest BCUT2D eigenvalue weighted by Crippen LogP contribution is -2.13. The van der Waals surface area contributed by atoms with Crippen molar-refractivity contribution in [3.63, 3.8) is 0 Å². The molecule has 0 unspecified atom stereocenters. The Morgan fingerprint density at radius 3 is 2.53 bits per heavy atom. The lowest BCUT2D eigenvalue weighted by atomic mass is 10.2. The topological polar surface area (TPSA) is 49.3 Å². The Kier molecular flexibility index (Phi) is 3.80. The summed E-state index contributed by atoms with van der Waals surface area (Å²) >= 11 is 2.90. The molecule has 6 heteroatoms. The molecule has 0 saturated heterocycles. The van der Waals surface area contributed by atoms with Crippen LogP contribution < -0.4 is 5.32 Å². The molecular weight excluding hydrogens is 320 g/mol. The molecule has 1 amide bonds. The Labute approximate surface area is 116 Å². The number of rotatable bonds is 2. The Balaban J connectivity index is 2.30. The maximum absolute atomic E-state index is 13.5. The summed E-state index contributed by atoms with van der Waals surface area (Å²) in [6, 6.07) is 7.62. The molecule has 0 aliphatic heterocycles. The van der Waals surface area contributed by atoms with E-state index in [1.807, 2.05) is 0 Å². The molecule has 0 radical (unpaired) electrons. The number of phenolic OH excluding ortho intramolecular Hbond substituents is 1. The fourth-order valence-electron chi connectivity index (χ4n) is 1.47. The number of halogens is 3. The molecule has 19 heavy (non-hydrogen) atoms. The van der Waals surface area contributed by atoms with Crippen LogP contribution in [-0.4, -0.2) is 11.0 Å². The maximum Gasteiger partial charge on any atom is 0.259 e. The molecule has 0 fully saturated rings. The van der Waals surface area contributed by atoms with Gasteiger partial charge in [0.1, 0.15) is 17.4 Å². The molecule has 2 rings (SSSR count). The number of hydrogen-bond acceptors (Lipinski definition) is 2. The molecule has 0 spiro atoms. The normalized spacial score (nSPS) is 10.3. The molecule has 0 atom stereocenters. The SMILES string of the molecule is O=C(Nc1cc(Br)c(F)cc1F)c1ccccc1O. The number of hydrogen-bond donors (Lipinski definition) is 2. The van der Waals surface area contributed by atoms with Gasteiger partial charge in [0.05, 0.1) is 15.7 Å². The van der Waals surface area contributed by atoms with Crippen LogP contribution in [0.2, 0.25) is 0 Å². The minimum absolute atomic E-state index is 0.00217. The molecule has 2 aromatic carbocycles. The predicted octanol–water partition coefficient (Wildman–Crippen LogP) is 3.69. The molecule has 0 aliphatic carbocycles. The Hall–Kier alpha value is -1.95. The summed E-state index contributed by atoms with van der Waals surface area (Å²) in [7, 11) is 0. The van der Waals surface area contributed by atoms with Gasteiger partial charge in [0.25, 0.3) is 5.91 Å². The zero-order valence-corrected chi connectivity index (χ0v) is 11.0.